The Hall–Kier alpha value is -4.69. The number of nitrogens with zero attached hydrogens (tertiary/aromatic N) is 3. The largest absolute Gasteiger partial charge is 0.483 e. The van der Waals surface area contributed by atoms with Gasteiger partial charge in [-0.3, -0.25) is 9.36 Å². The minimum atomic E-state index is -0.586. The van der Waals surface area contributed by atoms with Gasteiger partial charge >= 0.3 is 0 Å². The molecule has 6 nitrogen and oxygen atoms in total. The number of fused-ring (bicyclic) bond motifs is 1. The second kappa shape index (κ2) is 11.0. The molecule has 0 spiro atoms. The van der Waals surface area contributed by atoms with Gasteiger partial charge in [-0.1, -0.05) is 90.6 Å². The molecule has 6 rings (SSSR count). The fourth-order valence-corrected chi connectivity index (χ4v) is 5.58. The normalized spacial score (nSPS) is 11.9. The van der Waals surface area contributed by atoms with Crippen LogP contribution in [-0.4, -0.2) is 25.5 Å². The number of para-hydroxylation sites is 3. The molecule has 1 N–H and O–H groups in total. The van der Waals surface area contributed by atoms with Crippen molar-refractivity contribution in [2.24, 2.45) is 0 Å². The Morgan fingerprint density at radius 1 is 0.872 bits per heavy atom. The molecule has 6 aromatic rings. The number of benzene rings is 4. The quantitative estimate of drug-likeness (QED) is 0.157. The highest BCUT2D eigenvalue weighted by Crippen LogP contribution is 2.39. The molecule has 0 aliphatic heterocycles. The number of carbonyl (C=O) groups is 1. The lowest BCUT2D eigenvalue weighted by Crippen LogP contribution is -2.12. The topological polar surface area (TPSA) is 72.8 Å². The first-order valence-electron chi connectivity index (χ1n) is 12.4. The molecule has 4 aromatic carbocycles. The zero-order valence-corrected chi connectivity index (χ0v) is 21.5. The number of nitrogens with one attached hydrogen (secondary N) is 1. The smallest absolute Gasteiger partial charge is 0.196 e. The summed E-state index contributed by atoms with van der Waals surface area (Å²) in [4.78, 5) is 17.3. The maximum absolute atomic E-state index is 14.2. The molecule has 39 heavy (non-hydrogen) atoms. The average Bonchev–Trinajstić information content (AvgIpc) is 3.60. The third kappa shape index (κ3) is 5.06. The predicted molar refractivity (Wildman–Crippen MR) is 150 cm³/mol. The summed E-state index contributed by atoms with van der Waals surface area (Å²) in [6.07, 6.45) is 1.76. The molecular weight excluding hydrogens is 511 g/mol. The van der Waals surface area contributed by atoms with Gasteiger partial charge in [-0.15, -0.1) is 10.2 Å². The summed E-state index contributed by atoms with van der Waals surface area (Å²) in [5.74, 6) is 0.117. The summed E-state index contributed by atoms with van der Waals surface area (Å²) in [6.45, 7) is -0.00418. The van der Waals surface area contributed by atoms with E-state index in [2.05, 4.69) is 15.2 Å². The van der Waals surface area contributed by atoms with Gasteiger partial charge in [0.05, 0.1) is 0 Å². The molecule has 0 saturated heterocycles. The van der Waals surface area contributed by atoms with Crippen molar-refractivity contribution in [3.8, 4) is 11.4 Å². The number of carbonyl (C=O) groups excluding carboxylic acids is 1. The van der Waals surface area contributed by atoms with E-state index in [9.17, 15) is 9.18 Å². The summed E-state index contributed by atoms with van der Waals surface area (Å²) in [6, 6.07) is 33.2. The van der Waals surface area contributed by atoms with Crippen LogP contribution in [0.15, 0.2) is 121 Å². The molecule has 0 unspecified atom stereocenters. The second-order valence-corrected chi connectivity index (χ2v) is 9.88. The van der Waals surface area contributed by atoms with E-state index in [1.165, 1.54) is 17.8 Å². The second-order valence-electron chi connectivity index (χ2n) is 8.81. The maximum atomic E-state index is 14.2. The summed E-state index contributed by atoms with van der Waals surface area (Å²) in [5, 5.41) is 9.65. The molecule has 1 atom stereocenters. The van der Waals surface area contributed by atoms with E-state index in [4.69, 9.17) is 4.74 Å². The van der Waals surface area contributed by atoms with Gasteiger partial charge in [-0.2, -0.15) is 0 Å². The maximum Gasteiger partial charge on any atom is 0.196 e. The van der Waals surface area contributed by atoms with Gasteiger partial charge in [0.25, 0.3) is 0 Å². The number of thioether (sulfide) groups is 1. The fraction of sp³-hybridized carbons (Fsp3) is 0.0645. The number of halogens is 1. The van der Waals surface area contributed by atoms with Crippen LogP contribution in [0.1, 0.15) is 27.0 Å². The zero-order chi connectivity index (χ0) is 26.6. The highest BCUT2D eigenvalue weighted by molar-refractivity contribution is 8.00. The van der Waals surface area contributed by atoms with Gasteiger partial charge in [0.15, 0.2) is 28.3 Å². The highest BCUT2D eigenvalue weighted by atomic mass is 32.2. The molecular formula is C31H23FN4O2S. The molecule has 2 heterocycles. The number of Topliss-reactive ketones (excluding diaryl/α,β-unsaturated/α-hetero) is 1. The number of aromatic nitrogens is 4. The van der Waals surface area contributed by atoms with Gasteiger partial charge in [0.1, 0.15) is 11.9 Å². The highest BCUT2D eigenvalue weighted by Gasteiger charge is 2.29. The number of rotatable bonds is 9. The molecule has 0 saturated carbocycles. The van der Waals surface area contributed by atoms with E-state index in [0.29, 0.717) is 16.5 Å². The number of hydrogen-bond acceptors (Lipinski definition) is 5. The lowest BCUT2D eigenvalue weighted by Gasteiger charge is -2.17. The van der Waals surface area contributed by atoms with Crippen LogP contribution in [0.25, 0.3) is 16.6 Å². The van der Waals surface area contributed by atoms with Crippen LogP contribution in [-0.2, 0) is 6.61 Å². The molecule has 0 amide bonds. The Balaban J connectivity index is 1.39. The van der Waals surface area contributed by atoms with E-state index in [0.717, 1.165) is 22.2 Å². The van der Waals surface area contributed by atoms with Crippen molar-refractivity contribution in [2.75, 3.05) is 0 Å². The molecule has 2 aromatic heterocycles. The number of hydrogen-bond donors (Lipinski definition) is 1. The van der Waals surface area contributed by atoms with E-state index in [1.54, 1.807) is 24.4 Å². The first kappa shape index (κ1) is 24.6. The summed E-state index contributed by atoms with van der Waals surface area (Å²) >= 11 is 1.32. The van der Waals surface area contributed by atoms with Gasteiger partial charge < -0.3 is 9.72 Å². The number of aromatic amines is 1. The zero-order valence-electron chi connectivity index (χ0n) is 20.7. The van der Waals surface area contributed by atoms with Crippen molar-refractivity contribution >= 4 is 28.4 Å². The number of H-pyrrole nitrogens is 1. The summed E-state index contributed by atoms with van der Waals surface area (Å²) in [7, 11) is 0. The third-order valence-electron chi connectivity index (χ3n) is 6.33. The van der Waals surface area contributed by atoms with E-state index >= 15 is 0 Å². The number of ether oxygens (including phenoxy) is 1. The Morgan fingerprint density at radius 2 is 1.56 bits per heavy atom. The summed E-state index contributed by atoms with van der Waals surface area (Å²) < 4.78 is 21.8. The first-order chi connectivity index (χ1) is 19.2. The van der Waals surface area contributed by atoms with Crippen LogP contribution in [0.2, 0.25) is 0 Å². The average molecular weight is 535 g/mol. The van der Waals surface area contributed by atoms with Crippen molar-refractivity contribution in [1.29, 1.82) is 0 Å². The Kier molecular flexibility index (Phi) is 6.93. The minimum Gasteiger partial charge on any atom is -0.483 e. The van der Waals surface area contributed by atoms with E-state index in [1.807, 2.05) is 89.5 Å². The van der Waals surface area contributed by atoms with Crippen molar-refractivity contribution in [2.45, 2.75) is 17.0 Å². The molecule has 0 bridgehead atoms. The Bertz CT molecular complexity index is 1730. The third-order valence-corrected chi connectivity index (χ3v) is 7.52. The number of ketones is 1. The fourth-order valence-electron chi connectivity index (χ4n) is 4.43. The lowest BCUT2D eigenvalue weighted by molar-refractivity contribution is 0.0991. The van der Waals surface area contributed by atoms with Crippen LogP contribution in [0.3, 0.4) is 0 Å². The molecule has 0 radical (unpaired) electrons. The van der Waals surface area contributed by atoms with Crippen molar-refractivity contribution in [1.82, 2.24) is 19.7 Å². The van der Waals surface area contributed by atoms with Crippen molar-refractivity contribution in [3.63, 3.8) is 0 Å². The summed E-state index contributed by atoms with van der Waals surface area (Å²) in [5.41, 5.74) is 3.17. The Labute approximate surface area is 228 Å². The van der Waals surface area contributed by atoms with Crippen LogP contribution in [0.5, 0.6) is 5.75 Å². The lowest BCUT2D eigenvalue weighted by atomic mass is 10.0. The van der Waals surface area contributed by atoms with Gasteiger partial charge in [-0.05, 0) is 35.9 Å². The van der Waals surface area contributed by atoms with Crippen LogP contribution in [0, 0.1) is 5.82 Å². The molecule has 192 valence electrons. The Morgan fingerprint density at radius 3 is 2.36 bits per heavy atom. The van der Waals surface area contributed by atoms with Crippen molar-refractivity contribution in [3.05, 3.63) is 138 Å². The predicted octanol–water partition coefficient (Wildman–Crippen LogP) is 7.18. The van der Waals surface area contributed by atoms with Gasteiger partial charge in [-0.25, -0.2) is 4.39 Å². The molecule has 0 aliphatic rings. The molecule has 0 fully saturated rings. The standard InChI is InChI=1S/C31H23FN4O2S/c32-25-16-8-10-18-27(25)38-20-28-34-35-31(36(28)22-13-5-2-6-14-22)39-30(21-11-3-1-4-12-21)29(37)24-19-33-26-17-9-7-15-23(24)26/h1-19,30,33H,20H2/t30-/m0/s1. The SMILES string of the molecule is O=C(c1c[nH]c2ccccc12)[C@@H](Sc1nnc(COc2ccccc2F)n1-c1ccccc1)c1ccccc1. The monoisotopic (exact) mass is 534 g/mol. The minimum absolute atomic E-state index is 0.00418. The van der Waals surface area contributed by atoms with Crippen LogP contribution < -0.4 is 4.74 Å². The van der Waals surface area contributed by atoms with Gasteiger partial charge in [0.2, 0.25) is 0 Å². The van der Waals surface area contributed by atoms with Crippen LogP contribution >= 0.6 is 11.8 Å². The van der Waals surface area contributed by atoms with Crippen molar-refractivity contribution < 1.29 is 13.9 Å². The first-order valence-corrected chi connectivity index (χ1v) is 13.3. The molecule has 0 aliphatic carbocycles. The van der Waals surface area contributed by atoms with Gasteiger partial charge in [0, 0.05) is 28.4 Å². The molecule has 8 heteroatoms. The van der Waals surface area contributed by atoms with E-state index < -0.39 is 11.1 Å². The van der Waals surface area contributed by atoms with Crippen LogP contribution in [0.4, 0.5) is 4.39 Å². The van der Waals surface area contributed by atoms with E-state index in [-0.39, 0.29) is 18.1 Å².